The second kappa shape index (κ2) is 6.04. The lowest BCUT2D eigenvalue weighted by Crippen LogP contribution is -2.45. The van der Waals surface area contributed by atoms with Gasteiger partial charge in [0, 0.05) is 44.3 Å². The number of piperazine rings is 1. The molecule has 0 radical (unpaired) electrons. The molecule has 1 amide bonds. The van der Waals surface area contributed by atoms with Gasteiger partial charge < -0.3 is 21.3 Å². The zero-order valence-electron chi connectivity index (χ0n) is 11.4. The lowest BCUT2D eigenvalue weighted by atomic mass is 10.0. The van der Waals surface area contributed by atoms with Crippen molar-refractivity contribution >= 4 is 11.6 Å². The molecule has 1 aromatic carbocycles. The quantitative estimate of drug-likeness (QED) is 0.819. The lowest BCUT2D eigenvalue weighted by molar-refractivity contribution is -0.118. The summed E-state index contributed by atoms with van der Waals surface area (Å²) in [6.45, 7) is 4.05. The minimum atomic E-state index is -0.360. The number of carbonyl (C=O) groups excluding carboxylic acids is 1. The van der Waals surface area contributed by atoms with Crippen molar-refractivity contribution in [2.24, 2.45) is 11.5 Å². The van der Waals surface area contributed by atoms with Gasteiger partial charge in [0.05, 0.1) is 0 Å². The van der Waals surface area contributed by atoms with Crippen molar-refractivity contribution in [1.29, 1.82) is 0 Å². The van der Waals surface area contributed by atoms with E-state index in [-0.39, 0.29) is 18.4 Å². The Morgan fingerprint density at radius 1 is 1.26 bits per heavy atom. The largest absolute Gasteiger partial charge is 0.370 e. The summed E-state index contributed by atoms with van der Waals surface area (Å²) < 4.78 is 0. The van der Waals surface area contributed by atoms with Gasteiger partial charge in [-0.2, -0.15) is 0 Å². The number of likely N-dealkylation sites (N-methyl/N-ethyl adjacent to an activating group) is 1. The molecule has 1 aliphatic heterocycles. The van der Waals surface area contributed by atoms with E-state index in [1.165, 1.54) is 0 Å². The molecular formula is C14H22N4O. The highest BCUT2D eigenvalue weighted by atomic mass is 16.1. The van der Waals surface area contributed by atoms with Crippen LogP contribution in [0.5, 0.6) is 0 Å². The number of para-hydroxylation sites is 1. The van der Waals surface area contributed by atoms with E-state index in [4.69, 9.17) is 11.5 Å². The first kappa shape index (κ1) is 13.8. The van der Waals surface area contributed by atoms with Crippen molar-refractivity contribution in [1.82, 2.24) is 4.90 Å². The van der Waals surface area contributed by atoms with Gasteiger partial charge in [0.1, 0.15) is 0 Å². The van der Waals surface area contributed by atoms with Crippen LogP contribution in [0.15, 0.2) is 24.3 Å². The number of carbonyl (C=O) groups is 1. The predicted octanol–water partition coefficient (Wildman–Crippen LogP) is 0.314. The molecule has 19 heavy (non-hydrogen) atoms. The summed E-state index contributed by atoms with van der Waals surface area (Å²) in [6, 6.07) is 7.69. The molecule has 1 aromatic rings. The van der Waals surface area contributed by atoms with Crippen LogP contribution in [0, 0.1) is 0 Å². The van der Waals surface area contributed by atoms with Crippen LogP contribution < -0.4 is 16.4 Å². The van der Waals surface area contributed by atoms with Crippen molar-refractivity contribution in [3.05, 3.63) is 29.8 Å². The first-order chi connectivity index (χ1) is 9.08. The van der Waals surface area contributed by atoms with Gasteiger partial charge in [0.25, 0.3) is 0 Å². The van der Waals surface area contributed by atoms with Gasteiger partial charge in [0.15, 0.2) is 0 Å². The zero-order valence-corrected chi connectivity index (χ0v) is 11.4. The van der Waals surface area contributed by atoms with E-state index >= 15 is 0 Å². The molecule has 1 heterocycles. The van der Waals surface area contributed by atoms with Crippen molar-refractivity contribution in [3.8, 4) is 0 Å². The average molecular weight is 262 g/mol. The van der Waals surface area contributed by atoms with E-state index < -0.39 is 0 Å². The van der Waals surface area contributed by atoms with E-state index in [2.05, 4.69) is 22.9 Å². The maximum Gasteiger partial charge on any atom is 0.219 e. The Kier molecular flexibility index (Phi) is 4.39. The molecule has 0 spiro atoms. The Morgan fingerprint density at radius 2 is 1.89 bits per heavy atom. The number of primary amides is 1. The summed E-state index contributed by atoms with van der Waals surface area (Å²) in [7, 11) is 2.13. The number of benzene rings is 1. The van der Waals surface area contributed by atoms with E-state index in [0.29, 0.717) is 0 Å². The zero-order chi connectivity index (χ0) is 13.8. The summed E-state index contributed by atoms with van der Waals surface area (Å²) in [5.41, 5.74) is 13.5. The molecule has 104 valence electrons. The van der Waals surface area contributed by atoms with Gasteiger partial charge in [-0.1, -0.05) is 18.2 Å². The lowest BCUT2D eigenvalue weighted by Gasteiger charge is -2.35. The van der Waals surface area contributed by atoms with E-state index in [9.17, 15) is 4.79 Å². The highest BCUT2D eigenvalue weighted by Gasteiger charge is 2.20. The number of hydrogen-bond donors (Lipinski definition) is 2. The minimum Gasteiger partial charge on any atom is -0.370 e. The van der Waals surface area contributed by atoms with Crippen LogP contribution in [0.4, 0.5) is 5.69 Å². The number of rotatable bonds is 4. The van der Waals surface area contributed by atoms with Gasteiger partial charge in [-0.25, -0.2) is 0 Å². The Balaban J connectivity index is 2.18. The number of nitrogens with two attached hydrogens (primary N) is 2. The number of hydrogen-bond acceptors (Lipinski definition) is 4. The third-order valence-corrected chi connectivity index (χ3v) is 3.60. The summed E-state index contributed by atoms with van der Waals surface area (Å²) >= 11 is 0. The fourth-order valence-corrected chi connectivity index (χ4v) is 2.46. The van der Waals surface area contributed by atoms with Crippen LogP contribution >= 0.6 is 0 Å². The Hall–Kier alpha value is -1.59. The molecule has 1 atom stereocenters. The summed E-state index contributed by atoms with van der Waals surface area (Å²) in [4.78, 5) is 15.7. The molecule has 4 N–H and O–H groups in total. The van der Waals surface area contributed by atoms with E-state index in [1.807, 2.05) is 18.2 Å². The molecular weight excluding hydrogens is 240 g/mol. The monoisotopic (exact) mass is 262 g/mol. The second-order valence-electron chi connectivity index (χ2n) is 5.13. The molecule has 2 rings (SSSR count). The maximum absolute atomic E-state index is 11.0. The van der Waals surface area contributed by atoms with Gasteiger partial charge in [-0.3, -0.25) is 4.79 Å². The molecule has 1 unspecified atom stereocenters. The Bertz CT molecular complexity index is 441. The second-order valence-corrected chi connectivity index (χ2v) is 5.13. The summed E-state index contributed by atoms with van der Waals surface area (Å²) in [5, 5.41) is 0. The van der Waals surface area contributed by atoms with Gasteiger partial charge >= 0.3 is 0 Å². The van der Waals surface area contributed by atoms with Crippen LogP contribution in [0.25, 0.3) is 0 Å². The van der Waals surface area contributed by atoms with Crippen LogP contribution in [0.1, 0.15) is 18.0 Å². The van der Waals surface area contributed by atoms with E-state index in [0.717, 1.165) is 37.4 Å². The molecule has 5 heteroatoms. The highest BCUT2D eigenvalue weighted by Crippen LogP contribution is 2.27. The van der Waals surface area contributed by atoms with Crippen LogP contribution in [-0.2, 0) is 4.79 Å². The van der Waals surface area contributed by atoms with Crippen molar-refractivity contribution < 1.29 is 4.79 Å². The van der Waals surface area contributed by atoms with Crippen LogP contribution in [0.2, 0.25) is 0 Å². The average Bonchev–Trinajstić information content (AvgIpc) is 2.39. The first-order valence-electron chi connectivity index (χ1n) is 6.64. The first-order valence-corrected chi connectivity index (χ1v) is 6.64. The molecule has 0 aromatic heterocycles. The fraction of sp³-hybridized carbons (Fsp3) is 0.500. The maximum atomic E-state index is 11.0. The summed E-state index contributed by atoms with van der Waals surface area (Å²) in [5.74, 6) is -0.360. The summed E-state index contributed by atoms with van der Waals surface area (Å²) in [6.07, 6.45) is 0.185. The smallest absolute Gasteiger partial charge is 0.219 e. The van der Waals surface area contributed by atoms with Gasteiger partial charge in [-0.05, 0) is 18.7 Å². The highest BCUT2D eigenvalue weighted by molar-refractivity contribution is 5.75. The third kappa shape index (κ3) is 3.45. The topological polar surface area (TPSA) is 75.6 Å². The van der Waals surface area contributed by atoms with Gasteiger partial charge in [0.2, 0.25) is 5.91 Å². The third-order valence-electron chi connectivity index (χ3n) is 3.60. The van der Waals surface area contributed by atoms with E-state index in [1.54, 1.807) is 0 Å². The molecule has 1 saturated heterocycles. The van der Waals surface area contributed by atoms with Crippen LogP contribution in [-0.4, -0.2) is 44.0 Å². The molecule has 5 nitrogen and oxygen atoms in total. The number of amides is 1. The normalized spacial score (nSPS) is 18.3. The number of nitrogens with zero attached hydrogens (tertiary/aromatic N) is 2. The Labute approximate surface area is 114 Å². The molecule has 0 bridgehead atoms. The molecule has 1 fully saturated rings. The van der Waals surface area contributed by atoms with Gasteiger partial charge in [-0.15, -0.1) is 0 Å². The number of anilines is 1. The molecule has 1 aliphatic rings. The SMILES string of the molecule is CN1CCN(c2ccccc2C(N)CC(N)=O)CC1. The molecule has 0 saturated carbocycles. The standard InChI is InChI=1S/C14H22N4O/c1-17-6-8-18(9-7-17)13-5-3-2-4-11(13)12(15)10-14(16)19/h2-5,12H,6-10,15H2,1H3,(H2,16,19). The van der Waals surface area contributed by atoms with Crippen molar-refractivity contribution in [2.45, 2.75) is 12.5 Å². The minimum absolute atomic E-state index is 0.185. The molecule has 0 aliphatic carbocycles. The fourth-order valence-electron chi connectivity index (χ4n) is 2.46. The predicted molar refractivity (Wildman–Crippen MR) is 76.9 cm³/mol. The van der Waals surface area contributed by atoms with Crippen molar-refractivity contribution in [2.75, 3.05) is 38.1 Å². The van der Waals surface area contributed by atoms with Crippen molar-refractivity contribution in [3.63, 3.8) is 0 Å². The van der Waals surface area contributed by atoms with Crippen LogP contribution in [0.3, 0.4) is 0 Å². The Morgan fingerprint density at radius 3 is 2.53 bits per heavy atom.